The van der Waals surface area contributed by atoms with Crippen LogP contribution in [0.3, 0.4) is 0 Å². The Labute approximate surface area is 204 Å². The molecule has 0 saturated heterocycles. The van der Waals surface area contributed by atoms with E-state index in [2.05, 4.69) is 34.0 Å². The molecule has 180 valence electrons. The molecule has 0 radical (unpaired) electrons. The van der Waals surface area contributed by atoms with Crippen LogP contribution in [0.5, 0.6) is 5.75 Å². The van der Waals surface area contributed by atoms with Gasteiger partial charge in [-0.1, -0.05) is 68.4 Å². The topological polar surface area (TPSA) is 93.5 Å². The van der Waals surface area contributed by atoms with Crippen molar-refractivity contribution in [2.75, 3.05) is 10.6 Å². The van der Waals surface area contributed by atoms with Gasteiger partial charge in [-0.05, 0) is 53.8 Å². The number of allylic oxidation sites excluding steroid dienone is 4. The van der Waals surface area contributed by atoms with Crippen LogP contribution in [-0.2, 0) is 16.6 Å². The molecule has 0 saturated carbocycles. The Morgan fingerprint density at radius 1 is 1.00 bits per heavy atom. The maximum Gasteiger partial charge on any atom is 0.324 e. The predicted octanol–water partition coefficient (Wildman–Crippen LogP) is 6.50. The van der Waals surface area contributed by atoms with Crippen LogP contribution in [0.2, 0.25) is 0 Å². The Bertz CT molecular complexity index is 1250. The lowest BCUT2D eigenvalue weighted by Crippen LogP contribution is -2.19. The molecule has 1 heterocycles. The predicted molar refractivity (Wildman–Crippen MR) is 136 cm³/mol. The lowest BCUT2D eigenvalue weighted by Gasteiger charge is -2.12. The number of hydrogen-bond acceptors (Lipinski definition) is 5. The average Bonchev–Trinajstić information content (AvgIpc) is 3.30. The number of anilines is 2. The van der Waals surface area contributed by atoms with E-state index >= 15 is 0 Å². The quantitative estimate of drug-likeness (QED) is 0.316. The van der Waals surface area contributed by atoms with Crippen molar-refractivity contribution in [1.29, 1.82) is 0 Å². The third-order valence-electron chi connectivity index (χ3n) is 5.47. The molecule has 0 fully saturated rings. The van der Waals surface area contributed by atoms with E-state index < -0.39 is 6.03 Å². The van der Waals surface area contributed by atoms with E-state index in [0.717, 1.165) is 24.0 Å². The highest BCUT2D eigenvalue weighted by atomic mass is 16.5. The van der Waals surface area contributed by atoms with Gasteiger partial charge in [0, 0.05) is 17.2 Å². The number of amides is 2. The van der Waals surface area contributed by atoms with Gasteiger partial charge in [0.05, 0.1) is 6.42 Å². The van der Waals surface area contributed by atoms with Crippen molar-refractivity contribution in [1.82, 2.24) is 5.16 Å². The zero-order valence-corrected chi connectivity index (χ0v) is 20.1. The normalized spacial score (nSPS) is 13.2. The number of aromatic nitrogens is 1. The maximum absolute atomic E-state index is 12.4. The summed E-state index contributed by atoms with van der Waals surface area (Å²) in [6.07, 6.45) is 8.84. The fourth-order valence-corrected chi connectivity index (χ4v) is 3.55. The molecular weight excluding hydrogens is 442 g/mol. The summed E-state index contributed by atoms with van der Waals surface area (Å²) in [4.78, 5) is 24.6. The molecule has 0 unspecified atom stereocenters. The summed E-state index contributed by atoms with van der Waals surface area (Å²) in [5.41, 5.74) is 3.58. The minimum Gasteiger partial charge on any atom is -0.426 e. The van der Waals surface area contributed by atoms with Crippen molar-refractivity contribution >= 4 is 29.1 Å². The number of hydrogen-bond donors (Lipinski definition) is 2. The minimum absolute atomic E-state index is 0.172. The second-order valence-electron chi connectivity index (χ2n) is 9.42. The van der Waals surface area contributed by atoms with E-state index in [-0.39, 0.29) is 17.8 Å². The monoisotopic (exact) mass is 471 g/mol. The first-order valence-electron chi connectivity index (χ1n) is 11.6. The molecule has 0 bridgehead atoms. The number of carbonyl (C=O) groups is 2. The number of benzene rings is 2. The molecule has 2 amide bonds. The van der Waals surface area contributed by atoms with Crippen LogP contribution in [0.1, 0.15) is 50.5 Å². The summed E-state index contributed by atoms with van der Waals surface area (Å²) in [6, 6.07) is 15.8. The molecule has 35 heavy (non-hydrogen) atoms. The minimum atomic E-state index is -0.452. The van der Waals surface area contributed by atoms with Crippen LogP contribution in [0.15, 0.2) is 77.3 Å². The third kappa shape index (κ3) is 6.69. The number of nitrogens with one attached hydrogen (secondary N) is 2. The molecular formula is C28H29N3O4. The summed E-state index contributed by atoms with van der Waals surface area (Å²) >= 11 is 0. The number of rotatable bonds is 6. The van der Waals surface area contributed by atoms with Gasteiger partial charge in [-0.15, -0.1) is 0 Å². The first-order chi connectivity index (χ1) is 16.8. The number of nitrogens with zero attached hydrogens (tertiary/aromatic N) is 1. The fraction of sp³-hybridized carbons (Fsp3) is 0.250. The van der Waals surface area contributed by atoms with Gasteiger partial charge in [0.1, 0.15) is 11.5 Å². The van der Waals surface area contributed by atoms with Crippen LogP contribution in [0.25, 0.3) is 5.57 Å². The molecule has 1 aliphatic rings. The number of ether oxygens (including phenoxy) is 1. The molecule has 1 aromatic heterocycles. The van der Waals surface area contributed by atoms with Gasteiger partial charge < -0.3 is 14.6 Å². The van der Waals surface area contributed by atoms with E-state index in [9.17, 15) is 9.59 Å². The van der Waals surface area contributed by atoms with Crippen molar-refractivity contribution in [2.45, 2.75) is 45.4 Å². The second-order valence-corrected chi connectivity index (χ2v) is 9.42. The van der Waals surface area contributed by atoms with Crippen LogP contribution in [0, 0.1) is 0 Å². The first kappa shape index (κ1) is 24.0. The Balaban J connectivity index is 1.26. The Morgan fingerprint density at radius 2 is 1.74 bits per heavy atom. The van der Waals surface area contributed by atoms with Crippen molar-refractivity contribution in [3.63, 3.8) is 0 Å². The molecule has 7 heteroatoms. The first-order valence-corrected chi connectivity index (χ1v) is 11.6. The largest absolute Gasteiger partial charge is 0.426 e. The molecule has 1 aliphatic carbocycles. The van der Waals surface area contributed by atoms with Gasteiger partial charge in [-0.3, -0.25) is 10.1 Å². The summed E-state index contributed by atoms with van der Waals surface area (Å²) < 4.78 is 10.7. The molecule has 2 aromatic carbocycles. The van der Waals surface area contributed by atoms with Gasteiger partial charge in [-0.2, -0.15) is 0 Å². The molecule has 0 atom stereocenters. The van der Waals surface area contributed by atoms with E-state index in [1.807, 2.05) is 45.0 Å². The van der Waals surface area contributed by atoms with Crippen molar-refractivity contribution in [3.05, 3.63) is 89.7 Å². The van der Waals surface area contributed by atoms with Gasteiger partial charge in [0.25, 0.3) is 0 Å². The molecule has 4 rings (SSSR count). The van der Waals surface area contributed by atoms with Gasteiger partial charge in [0.2, 0.25) is 0 Å². The highest BCUT2D eigenvalue weighted by Crippen LogP contribution is 2.25. The maximum atomic E-state index is 12.4. The Hall–Kier alpha value is -4.13. The highest BCUT2D eigenvalue weighted by Gasteiger charge is 2.20. The summed E-state index contributed by atoms with van der Waals surface area (Å²) in [6.45, 7) is 5.99. The summed E-state index contributed by atoms with van der Waals surface area (Å²) in [5.74, 6) is 1.06. The van der Waals surface area contributed by atoms with Crippen molar-refractivity contribution in [3.8, 4) is 5.75 Å². The van der Waals surface area contributed by atoms with E-state index in [4.69, 9.17) is 9.26 Å². The highest BCUT2D eigenvalue weighted by molar-refractivity contribution is 5.99. The SMILES string of the molecule is CC(C)(C)c1cc(NC(=O)Nc2ccc(OC(=O)Cc3ccc(C4=CCCC=C4)cc3)cc2)no1. The van der Waals surface area contributed by atoms with E-state index in [1.54, 1.807) is 30.3 Å². The number of carbonyl (C=O) groups excluding carboxylic acids is 2. The van der Waals surface area contributed by atoms with Gasteiger partial charge in [-0.25, -0.2) is 4.79 Å². The number of urea groups is 1. The molecule has 0 aliphatic heterocycles. The lowest BCUT2D eigenvalue weighted by atomic mass is 9.93. The molecule has 0 spiro atoms. The summed E-state index contributed by atoms with van der Waals surface area (Å²) in [7, 11) is 0. The number of esters is 1. The molecule has 7 nitrogen and oxygen atoms in total. The average molecular weight is 472 g/mol. The zero-order chi connectivity index (χ0) is 24.8. The van der Waals surface area contributed by atoms with E-state index in [0.29, 0.717) is 23.0 Å². The Kier molecular flexibility index (Phi) is 7.15. The van der Waals surface area contributed by atoms with Crippen LogP contribution < -0.4 is 15.4 Å². The summed E-state index contributed by atoms with van der Waals surface area (Å²) in [5, 5.41) is 9.21. The van der Waals surface area contributed by atoms with Gasteiger partial charge >= 0.3 is 12.0 Å². The Morgan fingerprint density at radius 3 is 2.37 bits per heavy atom. The fourth-order valence-electron chi connectivity index (χ4n) is 3.55. The zero-order valence-electron chi connectivity index (χ0n) is 20.1. The van der Waals surface area contributed by atoms with Crippen LogP contribution in [0.4, 0.5) is 16.3 Å². The molecule has 3 aromatic rings. The van der Waals surface area contributed by atoms with Crippen molar-refractivity contribution < 1.29 is 18.8 Å². The second kappa shape index (κ2) is 10.4. The third-order valence-corrected chi connectivity index (χ3v) is 5.47. The smallest absolute Gasteiger partial charge is 0.324 e. The lowest BCUT2D eigenvalue weighted by molar-refractivity contribution is -0.133. The van der Waals surface area contributed by atoms with Gasteiger partial charge in [0.15, 0.2) is 5.82 Å². The van der Waals surface area contributed by atoms with E-state index in [1.165, 1.54) is 5.57 Å². The van der Waals surface area contributed by atoms with Crippen LogP contribution in [-0.4, -0.2) is 17.2 Å². The standard InChI is InChI=1S/C28H29N3O4/c1-28(2,3)24-18-25(31-35-24)30-27(33)29-22-13-15-23(16-14-22)34-26(32)17-19-9-11-21(12-10-19)20-7-5-4-6-8-20/h5,7-16,18H,4,6,17H2,1-3H3,(H2,29,30,31,33). The molecule has 2 N–H and O–H groups in total. The van der Waals surface area contributed by atoms with Crippen LogP contribution >= 0.6 is 0 Å². The van der Waals surface area contributed by atoms with Crippen molar-refractivity contribution in [2.24, 2.45) is 0 Å².